The highest BCUT2D eigenvalue weighted by Gasteiger charge is 2.33. The van der Waals surface area contributed by atoms with Crippen LogP contribution < -0.4 is 5.32 Å². The summed E-state index contributed by atoms with van der Waals surface area (Å²) in [5.41, 5.74) is -0.0380. The molecule has 0 unspecified atom stereocenters. The molecule has 0 atom stereocenters. The monoisotopic (exact) mass is 442 g/mol. The van der Waals surface area contributed by atoms with Crippen molar-refractivity contribution in [1.82, 2.24) is 4.98 Å². The van der Waals surface area contributed by atoms with E-state index in [1.165, 1.54) is 30.5 Å². The molecule has 0 aliphatic heterocycles. The maximum absolute atomic E-state index is 13.2. The van der Waals surface area contributed by atoms with Crippen LogP contribution in [-0.2, 0) is 6.18 Å². The molecule has 1 N–H and O–H groups in total. The number of hydrogen-bond acceptors (Lipinski definition) is 3. The van der Waals surface area contributed by atoms with Gasteiger partial charge in [-0.05, 0) is 48.5 Å². The van der Waals surface area contributed by atoms with E-state index in [1.807, 2.05) is 0 Å². The first-order valence-electron chi connectivity index (χ1n) is 9.11. The van der Waals surface area contributed by atoms with Crippen molar-refractivity contribution in [2.45, 2.75) is 6.18 Å². The third kappa shape index (κ3) is 4.46. The Balaban J connectivity index is 1.66. The van der Waals surface area contributed by atoms with Crippen LogP contribution in [0.3, 0.4) is 0 Å². The highest BCUT2D eigenvalue weighted by Crippen LogP contribution is 2.35. The number of anilines is 1. The average Bonchev–Trinajstić information content (AvgIpc) is 3.24. The minimum atomic E-state index is -4.60. The quantitative estimate of drug-likeness (QED) is 0.372. The maximum Gasteiger partial charge on any atom is 0.418 e. The van der Waals surface area contributed by atoms with Crippen LogP contribution in [0.25, 0.3) is 22.8 Å². The molecule has 8 heteroatoms. The number of para-hydroxylation sites is 1. The van der Waals surface area contributed by atoms with Gasteiger partial charge in [-0.15, -0.1) is 0 Å². The second-order valence-corrected chi connectivity index (χ2v) is 7.02. The highest BCUT2D eigenvalue weighted by atomic mass is 35.5. The molecule has 1 amide bonds. The second kappa shape index (κ2) is 8.28. The number of nitrogens with one attached hydrogen (secondary N) is 1. The van der Waals surface area contributed by atoms with E-state index in [0.717, 1.165) is 11.6 Å². The number of alkyl halides is 3. The van der Waals surface area contributed by atoms with Gasteiger partial charge in [-0.2, -0.15) is 13.2 Å². The molecule has 0 aliphatic carbocycles. The van der Waals surface area contributed by atoms with Crippen LogP contribution in [0.4, 0.5) is 18.9 Å². The molecule has 156 valence electrons. The van der Waals surface area contributed by atoms with Crippen molar-refractivity contribution >= 4 is 23.2 Å². The molecule has 4 rings (SSSR count). The number of halogens is 4. The molecule has 0 spiro atoms. The third-order valence-corrected chi connectivity index (χ3v) is 4.77. The molecule has 1 aromatic heterocycles. The molecule has 0 fully saturated rings. The van der Waals surface area contributed by atoms with Gasteiger partial charge in [0.25, 0.3) is 5.91 Å². The molecule has 31 heavy (non-hydrogen) atoms. The van der Waals surface area contributed by atoms with Gasteiger partial charge in [-0.25, -0.2) is 4.98 Å². The zero-order chi connectivity index (χ0) is 22.0. The summed E-state index contributed by atoms with van der Waals surface area (Å²) in [7, 11) is 0. The van der Waals surface area contributed by atoms with Crippen molar-refractivity contribution in [2.75, 3.05) is 5.32 Å². The molecule has 4 nitrogen and oxygen atoms in total. The molecule has 0 saturated carbocycles. The predicted octanol–water partition coefficient (Wildman–Crippen LogP) is 6.93. The van der Waals surface area contributed by atoms with Crippen LogP contribution in [0, 0.1) is 0 Å². The fourth-order valence-corrected chi connectivity index (χ4v) is 3.17. The number of benzene rings is 3. The largest absolute Gasteiger partial charge is 0.436 e. The first-order valence-corrected chi connectivity index (χ1v) is 9.49. The van der Waals surface area contributed by atoms with E-state index < -0.39 is 17.6 Å². The number of carbonyl (C=O) groups excluding carboxylic acids is 1. The van der Waals surface area contributed by atoms with E-state index in [0.29, 0.717) is 16.3 Å². The topological polar surface area (TPSA) is 55.1 Å². The summed E-state index contributed by atoms with van der Waals surface area (Å²) in [5.74, 6) is -0.0809. The number of hydrogen-bond donors (Lipinski definition) is 1. The van der Waals surface area contributed by atoms with E-state index >= 15 is 0 Å². The van der Waals surface area contributed by atoms with Gasteiger partial charge in [0.2, 0.25) is 5.89 Å². The Bertz CT molecular complexity index is 1230. The molecule has 3 aromatic carbocycles. The van der Waals surface area contributed by atoms with Crippen molar-refractivity contribution in [3.63, 3.8) is 0 Å². The van der Waals surface area contributed by atoms with E-state index in [-0.39, 0.29) is 17.1 Å². The summed E-state index contributed by atoms with van der Waals surface area (Å²) in [6.45, 7) is 0. The lowest BCUT2D eigenvalue weighted by Crippen LogP contribution is -2.17. The summed E-state index contributed by atoms with van der Waals surface area (Å²) in [4.78, 5) is 17.1. The minimum absolute atomic E-state index is 0.129. The number of rotatable bonds is 4. The van der Waals surface area contributed by atoms with Gasteiger partial charge in [0, 0.05) is 16.1 Å². The van der Waals surface area contributed by atoms with Gasteiger partial charge in [0.1, 0.15) is 0 Å². The summed E-state index contributed by atoms with van der Waals surface area (Å²) in [6.07, 6.45) is -3.09. The molecule has 0 aliphatic rings. The van der Waals surface area contributed by atoms with Crippen LogP contribution in [0.1, 0.15) is 15.9 Å². The average molecular weight is 443 g/mol. The number of nitrogens with zero attached hydrogens (tertiary/aromatic N) is 1. The molecular formula is C23H14ClF3N2O2. The normalized spacial score (nSPS) is 11.4. The smallest absolute Gasteiger partial charge is 0.418 e. The molecule has 0 radical (unpaired) electrons. The molecular weight excluding hydrogens is 429 g/mol. The van der Waals surface area contributed by atoms with Crippen molar-refractivity contribution in [3.05, 3.63) is 95.1 Å². The van der Waals surface area contributed by atoms with Crippen molar-refractivity contribution in [2.24, 2.45) is 0 Å². The van der Waals surface area contributed by atoms with Gasteiger partial charge in [0.05, 0.1) is 23.0 Å². The first kappa shape index (κ1) is 20.7. The highest BCUT2D eigenvalue weighted by molar-refractivity contribution is 6.30. The first-order chi connectivity index (χ1) is 14.8. The van der Waals surface area contributed by atoms with Crippen LogP contribution in [-0.4, -0.2) is 10.9 Å². The van der Waals surface area contributed by atoms with E-state index in [4.69, 9.17) is 16.0 Å². The van der Waals surface area contributed by atoms with E-state index in [1.54, 1.807) is 42.5 Å². The van der Waals surface area contributed by atoms with E-state index in [2.05, 4.69) is 10.3 Å². The molecule has 0 bridgehead atoms. The van der Waals surface area contributed by atoms with Gasteiger partial charge in [0.15, 0.2) is 5.76 Å². The number of carbonyl (C=O) groups is 1. The van der Waals surface area contributed by atoms with Crippen LogP contribution >= 0.6 is 11.6 Å². The van der Waals surface area contributed by atoms with Gasteiger partial charge < -0.3 is 9.73 Å². The minimum Gasteiger partial charge on any atom is -0.436 e. The zero-order valence-corrected chi connectivity index (χ0v) is 16.5. The summed E-state index contributed by atoms with van der Waals surface area (Å²) in [5, 5.41) is 2.92. The number of oxazole rings is 1. The Morgan fingerprint density at radius 2 is 1.61 bits per heavy atom. The lowest BCUT2D eigenvalue weighted by atomic mass is 10.1. The van der Waals surface area contributed by atoms with E-state index in [9.17, 15) is 18.0 Å². The van der Waals surface area contributed by atoms with Crippen LogP contribution in [0.5, 0.6) is 0 Å². The fraction of sp³-hybridized carbons (Fsp3) is 0.0435. The molecule has 0 saturated heterocycles. The predicted molar refractivity (Wildman–Crippen MR) is 112 cm³/mol. The lowest BCUT2D eigenvalue weighted by Gasteiger charge is -2.14. The van der Waals surface area contributed by atoms with Gasteiger partial charge in [-0.3, -0.25) is 4.79 Å². The Morgan fingerprint density at radius 1 is 0.935 bits per heavy atom. The Labute approximate surface area is 180 Å². The molecule has 1 heterocycles. The Morgan fingerprint density at radius 3 is 2.35 bits per heavy atom. The van der Waals surface area contributed by atoms with Gasteiger partial charge in [-0.1, -0.05) is 35.9 Å². The summed E-state index contributed by atoms with van der Waals surface area (Å²) in [6, 6.07) is 18.1. The summed E-state index contributed by atoms with van der Waals surface area (Å²) >= 11 is 5.90. The fourth-order valence-electron chi connectivity index (χ4n) is 3.04. The number of amides is 1. The third-order valence-electron chi connectivity index (χ3n) is 4.52. The lowest BCUT2D eigenvalue weighted by molar-refractivity contribution is -0.136. The van der Waals surface area contributed by atoms with Gasteiger partial charge >= 0.3 is 6.18 Å². The molecule has 4 aromatic rings. The SMILES string of the molecule is O=C(Nc1ccccc1C(F)(F)F)c1ccccc1-c1ncc(-c2ccc(Cl)cc2)o1. The van der Waals surface area contributed by atoms with Crippen LogP contribution in [0.15, 0.2) is 83.4 Å². The number of aromatic nitrogens is 1. The van der Waals surface area contributed by atoms with Crippen molar-refractivity contribution in [3.8, 4) is 22.8 Å². The summed E-state index contributed by atoms with van der Waals surface area (Å²) < 4.78 is 45.5. The Hall–Kier alpha value is -3.58. The maximum atomic E-state index is 13.2. The van der Waals surface area contributed by atoms with Crippen LogP contribution in [0.2, 0.25) is 5.02 Å². The van der Waals surface area contributed by atoms with Crippen molar-refractivity contribution in [1.29, 1.82) is 0 Å². The zero-order valence-electron chi connectivity index (χ0n) is 15.8. The second-order valence-electron chi connectivity index (χ2n) is 6.58. The van der Waals surface area contributed by atoms with Crippen molar-refractivity contribution < 1.29 is 22.4 Å². The Kier molecular flexibility index (Phi) is 5.52. The standard InChI is InChI=1S/C23H14ClF3N2O2/c24-15-11-9-14(10-12-15)20-13-28-22(31-20)17-6-2-1-5-16(17)21(30)29-19-8-4-3-7-18(19)23(25,26)27/h1-13H,(H,29,30).